The summed E-state index contributed by atoms with van der Waals surface area (Å²) in [6.45, 7) is 5.49. The molecule has 0 bridgehead atoms. The van der Waals surface area contributed by atoms with Crippen molar-refractivity contribution in [1.29, 1.82) is 5.26 Å². The number of fused-ring (bicyclic) bond motifs is 1. The molecule has 0 amide bonds. The summed E-state index contributed by atoms with van der Waals surface area (Å²) in [5.74, 6) is -1.56. The highest BCUT2D eigenvalue weighted by Gasteiger charge is 2.31. The van der Waals surface area contributed by atoms with Gasteiger partial charge in [-0.05, 0) is 42.7 Å². The smallest absolute Gasteiger partial charge is 0.416 e. The van der Waals surface area contributed by atoms with Gasteiger partial charge in [-0.3, -0.25) is 0 Å². The summed E-state index contributed by atoms with van der Waals surface area (Å²) in [4.78, 5) is 24.7. The Morgan fingerprint density at radius 3 is 2.44 bits per heavy atom. The SMILES string of the molecule is C=C(C(=O)OCC)[C@H](Cc1c(C#N)c(=O)oc2ccccc12)c1ccc(C(F)(F)F)cc1. The van der Waals surface area contributed by atoms with Crippen LogP contribution in [0.4, 0.5) is 13.2 Å². The Hall–Kier alpha value is -3.86. The number of esters is 1. The van der Waals surface area contributed by atoms with E-state index in [4.69, 9.17) is 9.15 Å². The molecule has 3 aromatic rings. The van der Waals surface area contributed by atoms with Gasteiger partial charge in [0.25, 0.3) is 0 Å². The highest BCUT2D eigenvalue weighted by molar-refractivity contribution is 5.90. The second kappa shape index (κ2) is 9.10. The summed E-state index contributed by atoms with van der Waals surface area (Å²) >= 11 is 0. The lowest BCUT2D eigenvalue weighted by Crippen LogP contribution is -2.18. The molecule has 1 atom stereocenters. The Kier molecular flexibility index (Phi) is 6.49. The number of carbonyl (C=O) groups excluding carboxylic acids is 1. The molecule has 0 N–H and O–H groups in total. The van der Waals surface area contributed by atoms with Crippen molar-refractivity contribution in [3.05, 3.63) is 93.4 Å². The first-order valence-corrected chi connectivity index (χ1v) is 9.65. The molecule has 0 spiro atoms. The van der Waals surface area contributed by atoms with E-state index in [2.05, 4.69) is 6.58 Å². The number of hydrogen-bond acceptors (Lipinski definition) is 5. The van der Waals surface area contributed by atoms with Gasteiger partial charge in [-0.25, -0.2) is 9.59 Å². The Morgan fingerprint density at radius 2 is 1.84 bits per heavy atom. The van der Waals surface area contributed by atoms with Gasteiger partial charge < -0.3 is 9.15 Å². The molecule has 0 aliphatic rings. The predicted octanol–water partition coefficient (Wildman–Crippen LogP) is 5.13. The molecule has 0 saturated heterocycles. The molecule has 0 unspecified atom stereocenters. The summed E-state index contributed by atoms with van der Waals surface area (Å²) < 4.78 is 49.2. The number of benzene rings is 2. The Labute approximate surface area is 181 Å². The van der Waals surface area contributed by atoms with E-state index in [-0.39, 0.29) is 29.7 Å². The fraction of sp³-hybridized carbons (Fsp3) is 0.208. The lowest BCUT2D eigenvalue weighted by atomic mass is 9.84. The predicted molar refractivity (Wildman–Crippen MR) is 111 cm³/mol. The van der Waals surface area contributed by atoms with Crippen molar-refractivity contribution in [2.75, 3.05) is 6.61 Å². The molecular formula is C24H18F3NO4. The third-order valence-electron chi connectivity index (χ3n) is 5.04. The first-order valence-electron chi connectivity index (χ1n) is 9.65. The summed E-state index contributed by atoms with van der Waals surface area (Å²) in [5.41, 5.74) is -1.00. The van der Waals surface area contributed by atoms with Crippen molar-refractivity contribution in [3.63, 3.8) is 0 Å². The van der Waals surface area contributed by atoms with Crippen LogP contribution in [0.25, 0.3) is 11.0 Å². The largest absolute Gasteiger partial charge is 0.463 e. The summed E-state index contributed by atoms with van der Waals surface area (Å²) in [6.07, 6.45) is -4.56. The number of halogens is 3. The minimum Gasteiger partial charge on any atom is -0.463 e. The van der Waals surface area contributed by atoms with Crippen LogP contribution in [-0.2, 0) is 22.1 Å². The van der Waals surface area contributed by atoms with E-state index in [0.29, 0.717) is 16.5 Å². The zero-order valence-corrected chi connectivity index (χ0v) is 17.0. The molecule has 0 saturated carbocycles. The van der Waals surface area contributed by atoms with E-state index in [1.807, 2.05) is 6.07 Å². The Balaban J connectivity index is 2.16. The molecule has 32 heavy (non-hydrogen) atoms. The number of nitriles is 1. The normalized spacial score (nSPS) is 12.2. The highest BCUT2D eigenvalue weighted by atomic mass is 19.4. The van der Waals surface area contributed by atoms with Gasteiger partial charge in [-0.15, -0.1) is 0 Å². The fourth-order valence-electron chi connectivity index (χ4n) is 3.46. The van der Waals surface area contributed by atoms with Gasteiger partial charge in [0.2, 0.25) is 0 Å². The number of ether oxygens (including phenoxy) is 1. The van der Waals surface area contributed by atoms with Gasteiger partial charge in [0.15, 0.2) is 0 Å². The lowest BCUT2D eigenvalue weighted by Gasteiger charge is -2.21. The zero-order valence-electron chi connectivity index (χ0n) is 17.0. The van der Waals surface area contributed by atoms with Gasteiger partial charge in [-0.2, -0.15) is 18.4 Å². The fourth-order valence-corrected chi connectivity index (χ4v) is 3.46. The van der Waals surface area contributed by atoms with Crippen LogP contribution in [0.5, 0.6) is 0 Å². The first kappa shape index (κ1) is 22.8. The van der Waals surface area contributed by atoms with Crippen molar-refractivity contribution in [2.45, 2.75) is 25.4 Å². The van der Waals surface area contributed by atoms with E-state index in [1.165, 1.54) is 12.1 Å². The van der Waals surface area contributed by atoms with Crippen LogP contribution in [0.1, 0.15) is 35.1 Å². The van der Waals surface area contributed by atoms with E-state index < -0.39 is 29.3 Å². The molecule has 0 fully saturated rings. The number of hydrogen-bond donors (Lipinski definition) is 0. The van der Waals surface area contributed by atoms with Crippen molar-refractivity contribution >= 4 is 16.9 Å². The number of para-hydroxylation sites is 1. The van der Waals surface area contributed by atoms with Gasteiger partial charge in [0.05, 0.1) is 12.2 Å². The van der Waals surface area contributed by atoms with Crippen LogP contribution in [0.15, 0.2) is 69.9 Å². The monoisotopic (exact) mass is 441 g/mol. The summed E-state index contributed by atoms with van der Waals surface area (Å²) in [6, 6.07) is 12.7. The molecule has 1 aromatic heterocycles. The second-order valence-corrected chi connectivity index (χ2v) is 6.97. The molecule has 0 aliphatic heterocycles. The lowest BCUT2D eigenvalue weighted by molar-refractivity contribution is -0.139. The molecule has 164 valence electrons. The maximum atomic E-state index is 13.0. The first-order chi connectivity index (χ1) is 15.2. The average Bonchev–Trinajstić information content (AvgIpc) is 2.76. The number of alkyl halides is 3. The van der Waals surface area contributed by atoms with E-state index in [0.717, 1.165) is 12.1 Å². The maximum Gasteiger partial charge on any atom is 0.416 e. The van der Waals surface area contributed by atoms with Crippen LogP contribution in [0, 0.1) is 11.3 Å². The quantitative estimate of drug-likeness (QED) is 0.301. The molecule has 8 heteroatoms. The van der Waals surface area contributed by atoms with E-state index in [9.17, 15) is 28.0 Å². The molecule has 3 rings (SSSR count). The minimum atomic E-state index is -4.52. The Bertz CT molecular complexity index is 1270. The van der Waals surface area contributed by atoms with Gasteiger partial charge in [0, 0.05) is 16.9 Å². The van der Waals surface area contributed by atoms with Crippen LogP contribution >= 0.6 is 0 Å². The van der Waals surface area contributed by atoms with E-state index in [1.54, 1.807) is 31.2 Å². The average molecular weight is 441 g/mol. The van der Waals surface area contributed by atoms with Crippen LogP contribution < -0.4 is 5.63 Å². The topological polar surface area (TPSA) is 80.3 Å². The molecule has 1 heterocycles. The van der Waals surface area contributed by atoms with Crippen LogP contribution in [-0.4, -0.2) is 12.6 Å². The Morgan fingerprint density at radius 1 is 1.19 bits per heavy atom. The van der Waals surface area contributed by atoms with Crippen molar-refractivity contribution in [1.82, 2.24) is 0 Å². The third-order valence-corrected chi connectivity index (χ3v) is 5.04. The minimum absolute atomic E-state index is 0.00665. The zero-order chi connectivity index (χ0) is 23.5. The van der Waals surface area contributed by atoms with Crippen molar-refractivity contribution in [2.24, 2.45) is 0 Å². The number of rotatable bonds is 6. The van der Waals surface area contributed by atoms with Crippen molar-refractivity contribution < 1.29 is 27.1 Å². The standard InChI is InChI=1S/C24H18F3NO4/c1-3-31-22(29)14(2)18(15-8-10-16(11-9-15)24(25,26)27)12-19-17-6-4-5-7-21(17)32-23(30)20(19)13-28/h4-11,18H,2-3,12H2,1H3/t18-/m0/s1. The van der Waals surface area contributed by atoms with Gasteiger partial charge >= 0.3 is 17.8 Å². The third kappa shape index (κ3) is 4.57. The van der Waals surface area contributed by atoms with Crippen LogP contribution in [0.2, 0.25) is 0 Å². The molecular weight excluding hydrogens is 423 g/mol. The highest BCUT2D eigenvalue weighted by Crippen LogP contribution is 2.35. The number of nitrogens with zero attached hydrogens (tertiary/aromatic N) is 1. The summed E-state index contributed by atoms with van der Waals surface area (Å²) in [7, 11) is 0. The van der Waals surface area contributed by atoms with Crippen molar-refractivity contribution in [3.8, 4) is 6.07 Å². The van der Waals surface area contributed by atoms with Gasteiger partial charge in [0.1, 0.15) is 17.2 Å². The molecule has 2 aromatic carbocycles. The molecule has 0 radical (unpaired) electrons. The van der Waals surface area contributed by atoms with Crippen LogP contribution in [0.3, 0.4) is 0 Å². The molecule has 5 nitrogen and oxygen atoms in total. The van der Waals surface area contributed by atoms with Gasteiger partial charge in [-0.1, -0.05) is 36.9 Å². The number of carbonyl (C=O) groups is 1. The summed E-state index contributed by atoms with van der Waals surface area (Å²) in [5, 5.41) is 10.0. The second-order valence-electron chi connectivity index (χ2n) is 6.97. The maximum absolute atomic E-state index is 13.0. The molecule has 0 aliphatic carbocycles. The van der Waals surface area contributed by atoms with E-state index >= 15 is 0 Å².